The maximum absolute atomic E-state index is 10.8. The van der Waals surface area contributed by atoms with Crippen LogP contribution in [0, 0.1) is 0 Å². The van der Waals surface area contributed by atoms with Crippen LogP contribution in [-0.2, 0) is 6.54 Å². The number of ether oxygens (including phenoxy) is 1. The highest BCUT2D eigenvalue weighted by Gasteiger charge is 2.07. The first-order valence-electron chi connectivity index (χ1n) is 5.49. The summed E-state index contributed by atoms with van der Waals surface area (Å²) >= 11 is 4.72. The number of rotatable bonds is 5. The molecule has 0 amide bonds. The van der Waals surface area contributed by atoms with Gasteiger partial charge in [-0.2, -0.15) is 0 Å². The fourth-order valence-corrected chi connectivity index (χ4v) is 2.71. The molecule has 0 unspecified atom stereocenters. The molecule has 0 aliphatic heterocycles. The molecular weight excluding hydrogens is 330 g/mol. The Hall–Kier alpha value is -1.53. The summed E-state index contributed by atoms with van der Waals surface area (Å²) in [5.41, 5.74) is 0.907. The Morgan fingerprint density at radius 1 is 1.42 bits per heavy atom. The van der Waals surface area contributed by atoms with Gasteiger partial charge in [0.25, 0.3) is 0 Å². The largest absolute Gasteiger partial charge is 0.497 e. The number of anilines is 1. The topological polar surface area (TPSA) is 58.6 Å². The third kappa shape index (κ3) is 3.48. The number of hydrogen-bond acceptors (Lipinski definition) is 4. The quantitative estimate of drug-likeness (QED) is 0.867. The number of hydrogen-bond donors (Lipinski definition) is 2. The van der Waals surface area contributed by atoms with Crippen LogP contribution in [0.15, 0.2) is 34.8 Å². The van der Waals surface area contributed by atoms with E-state index < -0.39 is 5.97 Å². The van der Waals surface area contributed by atoms with E-state index in [2.05, 4.69) is 21.2 Å². The Morgan fingerprint density at radius 2 is 2.21 bits per heavy atom. The number of nitrogens with one attached hydrogen (secondary N) is 1. The van der Waals surface area contributed by atoms with Crippen molar-refractivity contribution in [2.45, 2.75) is 6.54 Å². The minimum absolute atomic E-state index is 0.349. The monoisotopic (exact) mass is 341 g/mol. The van der Waals surface area contributed by atoms with Gasteiger partial charge in [-0.05, 0) is 40.2 Å². The fourth-order valence-electron chi connectivity index (χ4n) is 1.54. The SMILES string of the molecule is COc1ccc(Br)c(NCc2ccc(C(=O)O)s2)c1. The zero-order valence-corrected chi connectivity index (χ0v) is 12.5. The molecule has 2 N–H and O–H groups in total. The predicted molar refractivity (Wildman–Crippen MR) is 79.3 cm³/mol. The van der Waals surface area contributed by atoms with Crippen molar-refractivity contribution in [2.24, 2.45) is 0 Å². The van der Waals surface area contributed by atoms with Crippen molar-refractivity contribution in [2.75, 3.05) is 12.4 Å². The first-order valence-corrected chi connectivity index (χ1v) is 7.10. The Kier molecular flexibility index (Phi) is 4.44. The van der Waals surface area contributed by atoms with E-state index in [0.29, 0.717) is 11.4 Å². The van der Waals surface area contributed by atoms with Gasteiger partial charge in [0.15, 0.2) is 0 Å². The zero-order valence-electron chi connectivity index (χ0n) is 10.1. The lowest BCUT2D eigenvalue weighted by Gasteiger charge is -2.09. The summed E-state index contributed by atoms with van der Waals surface area (Å²) < 4.78 is 6.10. The summed E-state index contributed by atoms with van der Waals surface area (Å²) in [4.78, 5) is 12.1. The van der Waals surface area contributed by atoms with Crippen LogP contribution in [0.3, 0.4) is 0 Å². The number of carbonyl (C=O) groups is 1. The average molecular weight is 342 g/mol. The van der Waals surface area contributed by atoms with Crippen molar-refractivity contribution < 1.29 is 14.6 Å². The van der Waals surface area contributed by atoms with Gasteiger partial charge < -0.3 is 15.2 Å². The van der Waals surface area contributed by atoms with Gasteiger partial charge in [0.05, 0.1) is 12.8 Å². The van der Waals surface area contributed by atoms with Crippen LogP contribution in [0.2, 0.25) is 0 Å². The molecule has 0 atom stereocenters. The normalized spacial score (nSPS) is 10.2. The third-order valence-corrected chi connectivity index (χ3v) is 4.26. The molecular formula is C13H12BrNO3S. The molecule has 0 spiro atoms. The second kappa shape index (κ2) is 6.08. The number of benzene rings is 1. The molecule has 100 valence electrons. The summed E-state index contributed by atoms with van der Waals surface area (Å²) in [7, 11) is 1.62. The standard InChI is InChI=1S/C13H12BrNO3S/c1-18-8-2-4-10(14)11(6-8)15-7-9-3-5-12(19-9)13(16)17/h2-6,15H,7H2,1H3,(H,16,17). The van der Waals surface area contributed by atoms with Crippen molar-refractivity contribution in [3.8, 4) is 5.75 Å². The Labute approximate surface area is 123 Å². The third-order valence-electron chi connectivity index (χ3n) is 2.50. The van der Waals surface area contributed by atoms with Gasteiger partial charge in [0.1, 0.15) is 10.6 Å². The molecule has 6 heteroatoms. The van der Waals surface area contributed by atoms with Crippen LogP contribution in [0.25, 0.3) is 0 Å². The molecule has 4 nitrogen and oxygen atoms in total. The summed E-state index contributed by atoms with van der Waals surface area (Å²) in [5, 5.41) is 12.1. The number of halogens is 1. The molecule has 19 heavy (non-hydrogen) atoms. The van der Waals surface area contributed by atoms with Gasteiger partial charge in [0, 0.05) is 22.0 Å². The summed E-state index contributed by atoms with van der Waals surface area (Å²) in [6.45, 7) is 0.573. The number of methoxy groups -OCH3 is 1. The Balaban J connectivity index is 2.07. The lowest BCUT2D eigenvalue weighted by Crippen LogP contribution is -1.98. The van der Waals surface area contributed by atoms with Gasteiger partial charge >= 0.3 is 5.97 Å². The van der Waals surface area contributed by atoms with E-state index in [1.54, 1.807) is 13.2 Å². The van der Waals surface area contributed by atoms with Gasteiger partial charge in [-0.15, -0.1) is 11.3 Å². The summed E-state index contributed by atoms with van der Waals surface area (Å²) in [5.74, 6) is -0.123. The molecule has 0 bridgehead atoms. The van der Waals surface area contributed by atoms with Crippen LogP contribution in [0.5, 0.6) is 5.75 Å². The van der Waals surface area contributed by atoms with E-state index >= 15 is 0 Å². The maximum atomic E-state index is 10.8. The first-order chi connectivity index (χ1) is 9.10. The van der Waals surface area contributed by atoms with Crippen molar-refractivity contribution in [1.29, 1.82) is 0 Å². The van der Waals surface area contributed by atoms with E-state index in [1.807, 2.05) is 24.3 Å². The number of thiophene rings is 1. The molecule has 1 aromatic heterocycles. The number of aromatic carboxylic acids is 1. The smallest absolute Gasteiger partial charge is 0.345 e. The van der Waals surface area contributed by atoms with Crippen molar-refractivity contribution in [3.05, 3.63) is 44.6 Å². The van der Waals surface area contributed by atoms with Gasteiger partial charge in [-0.3, -0.25) is 0 Å². The summed E-state index contributed by atoms with van der Waals surface area (Å²) in [6.07, 6.45) is 0. The van der Waals surface area contributed by atoms with Crippen LogP contribution in [0.4, 0.5) is 5.69 Å². The minimum Gasteiger partial charge on any atom is -0.497 e. The van der Waals surface area contributed by atoms with Crippen LogP contribution in [0.1, 0.15) is 14.5 Å². The van der Waals surface area contributed by atoms with E-state index in [0.717, 1.165) is 20.8 Å². The lowest BCUT2D eigenvalue weighted by atomic mass is 10.3. The van der Waals surface area contributed by atoms with Crippen LogP contribution < -0.4 is 10.1 Å². The van der Waals surface area contributed by atoms with Crippen molar-refractivity contribution in [1.82, 2.24) is 0 Å². The fraction of sp³-hybridized carbons (Fsp3) is 0.154. The summed E-state index contributed by atoms with van der Waals surface area (Å²) in [6, 6.07) is 9.08. The lowest BCUT2D eigenvalue weighted by molar-refractivity contribution is 0.0702. The van der Waals surface area contributed by atoms with E-state index in [9.17, 15) is 4.79 Å². The maximum Gasteiger partial charge on any atom is 0.345 e. The number of carboxylic acid groups (broad SMARTS) is 1. The Morgan fingerprint density at radius 3 is 2.84 bits per heavy atom. The molecule has 0 saturated heterocycles. The minimum atomic E-state index is -0.890. The highest BCUT2D eigenvalue weighted by molar-refractivity contribution is 9.10. The van der Waals surface area contributed by atoms with E-state index in [-0.39, 0.29) is 0 Å². The molecule has 0 fully saturated rings. The average Bonchev–Trinajstić information content (AvgIpc) is 2.87. The highest BCUT2D eigenvalue weighted by Crippen LogP contribution is 2.28. The molecule has 0 aliphatic rings. The van der Waals surface area contributed by atoms with Crippen molar-refractivity contribution >= 4 is 38.9 Å². The first kappa shape index (κ1) is 13.9. The van der Waals surface area contributed by atoms with E-state index in [4.69, 9.17) is 9.84 Å². The second-order valence-corrected chi connectivity index (χ2v) is 5.79. The van der Waals surface area contributed by atoms with Gasteiger partial charge in [-0.25, -0.2) is 4.79 Å². The van der Waals surface area contributed by atoms with Crippen LogP contribution >= 0.6 is 27.3 Å². The predicted octanol–water partition coefficient (Wildman–Crippen LogP) is 3.83. The van der Waals surface area contributed by atoms with Gasteiger partial charge in [0.2, 0.25) is 0 Å². The Bertz CT molecular complexity index is 597. The molecule has 0 radical (unpaired) electrons. The zero-order chi connectivity index (χ0) is 13.8. The van der Waals surface area contributed by atoms with Crippen molar-refractivity contribution in [3.63, 3.8) is 0 Å². The molecule has 0 saturated carbocycles. The number of carboxylic acids is 1. The van der Waals surface area contributed by atoms with Crippen LogP contribution in [-0.4, -0.2) is 18.2 Å². The van der Waals surface area contributed by atoms with E-state index in [1.165, 1.54) is 11.3 Å². The molecule has 2 rings (SSSR count). The molecule has 1 aromatic carbocycles. The highest BCUT2D eigenvalue weighted by atomic mass is 79.9. The molecule has 1 heterocycles. The second-order valence-electron chi connectivity index (χ2n) is 3.77. The van der Waals surface area contributed by atoms with Gasteiger partial charge in [-0.1, -0.05) is 0 Å². The molecule has 2 aromatic rings. The molecule has 0 aliphatic carbocycles.